The predicted octanol–water partition coefficient (Wildman–Crippen LogP) is 4.28. The van der Waals surface area contributed by atoms with Crippen LogP contribution >= 0.6 is 0 Å². The molecule has 6 heteroatoms. The Balaban J connectivity index is 2.14. The lowest BCUT2D eigenvalue weighted by Crippen LogP contribution is -2.47. The van der Waals surface area contributed by atoms with Gasteiger partial charge in [0.15, 0.2) is 11.5 Å². The number of ether oxygens (including phenoxy) is 2. The quantitative estimate of drug-likeness (QED) is 0.500. The maximum absolute atomic E-state index is 13.2. The van der Waals surface area contributed by atoms with E-state index in [0.29, 0.717) is 37.4 Å². The number of hydrogen-bond donors (Lipinski definition) is 1. The van der Waals surface area contributed by atoms with Gasteiger partial charge in [-0.1, -0.05) is 49.2 Å². The molecule has 0 aliphatic rings. The lowest BCUT2D eigenvalue weighted by Gasteiger charge is -2.29. The largest absolute Gasteiger partial charge is 0.493 e. The fraction of sp³-hybridized carbons (Fsp3) is 0.462. The first-order chi connectivity index (χ1) is 15.4. The molecule has 0 unspecified atom stereocenters. The van der Waals surface area contributed by atoms with Crippen LogP contribution in [-0.4, -0.2) is 43.5 Å². The van der Waals surface area contributed by atoms with E-state index in [1.54, 1.807) is 26.0 Å². The van der Waals surface area contributed by atoms with E-state index in [1.807, 2.05) is 43.3 Å². The summed E-state index contributed by atoms with van der Waals surface area (Å²) in [5.41, 5.74) is 3.12. The minimum absolute atomic E-state index is 0.0561. The average molecular weight is 441 g/mol. The molecule has 0 saturated heterocycles. The van der Waals surface area contributed by atoms with Gasteiger partial charge in [0.25, 0.3) is 0 Å². The molecule has 2 rings (SSSR count). The monoisotopic (exact) mass is 440 g/mol. The van der Waals surface area contributed by atoms with Crippen molar-refractivity contribution in [1.29, 1.82) is 0 Å². The van der Waals surface area contributed by atoms with Crippen molar-refractivity contribution in [1.82, 2.24) is 10.2 Å². The van der Waals surface area contributed by atoms with Gasteiger partial charge in [0.1, 0.15) is 6.04 Å². The van der Waals surface area contributed by atoms with E-state index in [-0.39, 0.29) is 11.8 Å². The standard InChI is InChI=1S/C26H36N2O4/c1-6-7-15-27-26(30)20(3)28(18-22-10-8-9-19(2)16-22)25(29)14-12-21-11-13-23(31-4)24(17-21)32-5/h8-11,13,16-17,20H,6-7,12,14-15,18H2,1-5H3,(H,27,30)/t20-/m1/s1. The van der Waals surface area contributed by atoms with Crippen molar-refractivity contribution in [3.63, 3.8) is 0 Å². The number of amides is 2. The summed E-state index contributed by atoms with van der Waals surface area (Å²) >= 11 is 0. The Labute approximate surface area is 191 Å². The fourth-order valence-electron chi connectivity index (χ4n) is 3.56. The molecule has 0 fully saturated rings. The van der Waals surface area contributed by atoms with Gasteiger partial charge in [0, 0.05) is 19.5 Å². The zero-order chi connectivity index (χ0) is 23.5. The van der Waals surface area contributed by atoms with Crippen molar-refractivity contribution >= 4 is 11.8 Å². The maximum atomic E-state index is 13.2. The van der Waals surface area contributed by atoms with Crippen LogP contribution in [0.5, 0.6) is 11.5 Å². The molecule has 6 nitrogen and oxygen atoms in total. The van der Waals surface area contributed by atoms with E-state index in [1.165, 1.54) is 0 Å². The Bertz CT molecular complexity index is 897. The number of nitrogens with zero attached hydrogens (tertiary/aromatic N) is 1. The number of nitrogens with one attached hydrogen (secondary N) is 1. The first-order valence-electron chi connectivity index (χ1n) is 11.2. The number of benzene rings is 2. The molecule has 0 bridgehead atoms. The first kappa shape index (κ1) is 25.2. The molecule has 0 radical (unpaired) electrons. The van der Waals surface area contributed by atoms with Crippen LogP contribution in [-0.2, 0) is 22.6 Å². The fourth-order valence-corrected chi connectivity index (χ4v) is 3.56. The van der Waals surface area contributed by atoms with Crippen LogP contribution in [0.2, 0.25) is 0 Å². The molecule has 174 valence electrons. The Hall–Kier alpha value is -3.02. The summed E-state index contributed by atoms with van der Waals surface area (Å²) in [4.78, 5) is 27.6. The second kappa shape index (κ2) is 12.7. The van der Waals surface area contributed by atoms with Gasteiger partial charge in [-0.15, -0.1) is 0 Å². The molecule has 0 saturated carbocycles. The molecule has 2 amide bonds. The van der Waals surface area contributed by atoms with Gasteiger partial charge in [-0.05, 0) is 49.9 Å². The van der Waals surface area contributed by atoms with Crippen LogP contribution < -0.4 is 14.8 Å². The van der Waals surface area contributed by atoms with Crippen LogP contribution in [0.15, 0.2) is 42.5 Å². The van der Waals surface area contributed by atoms with Crippen LogP contribution in [0.1, 0.15) is 49.8 Å². The summed E-state index contributed by atoms with van der Waals surface area (Å²) in [6, 6.07) is 13.1. The third kappa shape index (κ3) is 7.29. The van der Waals surface area contributed by atoms with Gasteiger partial charge in [0.05, 0.1) is 14.2 Å². The van der Waals surface area contributed by atoms with E-state index >= 15 is 0 Å². The zero-order valence-corrected chi connectivity index (χ0v) is 19.9. The number of rotatable bonds is 12. The smallest absolute Gasteiger partial charge is 0.242 e. The molecule has 0 spiro atoms. The Kier molecular flexibility index (Phi) is 10.1. The van der Waals surface area contributed by atoms with Gasteiger partial charge in [0.2, 0.25) is 11.8 Å². The summed E-state index contributed by atoms with van der Waals surface area (Å²) in [5, 5.41) is 2.95. The van der Waals surface area contributed by atoms with E-state index in [9.17, 15) is 9.59 Å². The minimum atomic E-state index is -0.551. The van der Waals surface area contributed by atoms with Crippen molar-refractivity contribution < 1.29 is 19.1 Å². The number of carbonyl (C=O) groups excluding carboxylic acids is 2. The van der Waals surface area contributed by atoms with Gasteiger partial charge in [-0.25, -0.2) is 0 Å². The number of hydrogen-bond acceptors (Lipinski definition) is 4. The van der Waals surface area contributed by atoms with Gasteiger partial charge < -0.3 is 19.7 Å². The number of aryl methyl sites for hydroxylation is 2. The van der Waals surface area contributed by atoms with Crippen molar-refractivity contribution in [3.05, 3.63) is 59.2 Å². The molecular formula is C26H36N2O4. The lowest BCUT2D eigenvalue weighted by molar-refractivity contribution is -0.140. The highest BCUT2D eigenvalue weighted by molar-refractivity contribution is 5.87. The molecule has 0 aliphatic carbocycles. The van der Waals surface area contributed by atoms with E-state index in [4.69, 9.17) is 9.47 Å². The van der Waals surface area contributed by atoms with Crippen molar-refractivity contribution in [2.75, 3.05) is 20.8 Å². The topological polar surface area (TPSA) is 67.9 Å². The summed E-state index contributed by atoms with van der Waals surface area (Å²) in [5.74, 6) is 1.11. The van der Waals surface area contributed by atoms with Crippen LogP contribution in [0.25, 0.3) is 0 Å². The summed E-state index contributed by atoms with van der Waals surface area (Å²) < 4.78 is 10.6. The first-order valence-corrected chi connectivity index (χ1v) is 11.2. The highest BCUT2D eigenvalue weighted by Crippen LogP contribution is 2.28. The van der Waals surface area contributed by atoms with Crippen LogP contribution in [0.3, 0.4) is 0 Å². The highest BCUT2D eigenvalue weighted by Gasteiger charge is 2.25. The lowest BCUT2D eigenvalue weighted by atomic mass is 10.1. The molecule has 0 aromatic heterocycles. The van der Waals surface area contributed by atoms with E-state index in [0.717, 1.165) is 29.5 Å². The molecule has 1 atom stereocenters. The molecule has 32 heavy (non-hydrogen) atoms. The second-order valence-corrected chi connectivity index (χ2v) is 8.02. The third-order valence-electron chi connectivity index (χ3n) is 5.51. The predicted molar refractivity (Wildman–Crippen MR) is 127 cm³/mol. The molecule has 2 aromatic carbocycles. The second-order valence-electron chi connectivity index (χ2n) is 8.02. The number of carbonyl (C=O) groups is 2. The minimum Gasteiger partial charge on any atom is -0.493 e. The molecule has 0 aliphatic heterocycles. The Morgan fingerprint density at radius 2 is 1.78 bits per heavy atom. The van der Waals surface area contributed by atoms with E-state index in [2.05, 4.69) is 18.3 Å². The summed E-state index contributed by atoms with van der Waals surface area (Å²) in [6.45, 7) is 6.92. The van der Waals surface area contributed by atoms with E-state index < -0.39 is 6.04 Å². The van der Waals surface area contributed by atoms with Crippen LogP contribution in [0.4, 0.5) is 0 Å². The SMILES string of the molecule is CCCCNC(=O)[C@@H](C)N(Cc1cccc(C)c1)C(=O)CCc1ccc(OC)c(OC)c1. The molecular weight excluding hydrogens is 404 g/mol. The number of methoxy groups -OCH3 is 2. The van der Waals surface area contributed by atoms with Gasteiger partial charge in [-0.3, -0.25) is 9.59 Å². The van der Waals surface area contributed by atoms with Crippen LogP contribution in [0, 0.1) is 6.92 Å². The van der Waals surface area contributed by atoms with Crippen molar-refractivity contribution in [3.8, 4) is 11.5 Å². The van der Waals surface area contributed by atoms with Crippen molar-refractivity contribution in [2.45, 2.75) is 59.0 Å². The van der Waals surface area contributed by atoms with Crippen molar-refractivity contribution in [2.24, 2.45) is 0 Å². The van der Waals surface area contributed by atoms with Gasteiger partial charge in [-0.2, -0.15) is 0 Å². The highest BCUT2D eigenvalue weighted by atomic mass is 16.5. The zero-order valence-electron chi connectivity index (χ0n) is 19.9. The maximum Gasteiger partial charge on any atom is 0.242 e. The molecule has 1 N–H and O–H groups in total. The average Bonchev–Trinajstić information content (AvgIpc) is 2.80. The Morgan fingerprint density at radius 1 is 1.03 bits per heavy atom. The third-order valence-corrected chi connectivity index (χ3v) is 5.51. The normalized spacial score (nSPS) is 11.5. The molecule has 0 heterocycles. The number of unbranched alkanes of at least 4 members (excludes halogenated alkanes) is 1. The molecule has 2 aromatic rings. The summed E-state index contributed by atoms with van der Waals surface area (Å²) in [6.07, 6.45) is 2.77. The Morgan fingerprint density at radius 3 is 2.44 bits per heavy atom. The van der Waals surface area contributed by atoms with Gasteiger partial charge >= 0.3 is 0 Å². The summed E-state index contributed by atoms with van der Waals surface area (Å²) in [7, 11) is 3.19.